The maximum atomic E-state index is 11.6. The number of carbonyl (C=O) groups excluding carboxylic acids is 1. The van der Waals surface area contributed by atoms with Gasteiger partial charge in [0.1, 0.15) is 4.88 Å². The zero-order valence-corrected chi connectivity index (χ0v) is 13.2. The predicted octanol–water partition coefficient (Wildman–Crippen LogP) is 1.89. The summed E-state index contributed by atoms with van der Waals surface area (Å²) in [5, 5.41) is 1.08. The summed E-state index contributed by atoms with van der Waals surface area (Å²) >= 11 is 1.43. The van der Waals surface area contributed by atoms with E-state index in [4.69, 9.17) is 10.5 Å². The average molecular weight is 297 g/mol. The number of ether oxygens (including phenoxy) is 1. The Morgan fingerprint density at radius 2 is 2.15 bits per heavy atom. The predicted molar refractivity (Wildman–Crippen MR) is 83.6 cm³/mol. The van der Waals surface area contributed by atoms with Gasteiger partial charge in [0.15, 0.2) is 0 Å². The summed E-state index contributed by atoms with van der Waals surface area (Å²) in [4.78, 5) is 16.7. The first kappa shape index (κ1) is 15.1. The second-order valence-corrected chi connectivity index (χ2v) is 6.58. The Morgan fingerprint density at radius 1 is 1.50 bits per heavy atom. The van der Waals surface area contributed by atoms with Gasteiger partial charge in [-0.3, -0.25) is 0 Å². The van der Waals surface area contributed by atoms with Gasteiger partial charge in [0, 0.05) is 19.6 Å². The largest absolute Gasteiger partial charge is 0.465 e. The molecule has 1 fully saturated rings. The Morgan fingerprint density at radius 3 is 2.70 bits per heavy atom. The topological polar surface area (TPSA) is 58.8 Å². The van der Waals surface area contributed by atoms with Crippen LogP contribution in [0.4, 0.5) is 10.7 Å². The molecule has 5 nitrogen and oxygen atoms in total. The summed E-state index contributed by atoms with van der Waals surface area (Å²) < 4.78 is 4.75. The molecule has 1 aliphatic rings. The van der Waals surface area contributed by atoms with Crippen LogP contribution in [0, 0.1) is 5.92 Å². The molecular weight excluding hydrogens is 274 g/mol. The van der Waals surface area contributed by atoms with Gasteiger partial charge in [-0.1, -0.05) is 0 Å². The molecule has 1 saturated heterocycles. The molecule has 2 heterocycles. The van der Waals surface area contributed by atoms with Crippen molar-refractivity contribution in [3.8, 4) is 0 Å². The van der Waals surface area contributed by atoms with Gasteiger partial charge >= 0.3 is 5.97 Å². The smallest absolute Gasteiger partial charge is 0.350 e. The molecule has 1 aromatic rings. The summed E-state index contributed by atoms with van der Waals surface area (Å²) in [7, 11) is 5.62. The number of anilines is 2. The molecule has 6 heteroatoms. The van der Waals surface area contributed by atoms with Crippen LogP contribution >= 0.6 is 11.3 Å². The average Bonchev–Trinajstić information content (AvgIpc) is 2.80. The van der Waals surface area contributed by atoms with E-state index in [9.17, 15) is 4.79 Å². The lowest BCUT2D eigenvalue weighted by Gasteiger charge is -2.33. The van der Waals surface area contributed by atoms with Crippen molar-refractivity contribution in [2.24, 2.45) is 5.92 Å². The van der Waals surface area contributed by atoms with Crippen LogP contribution in [0.15, 0.2) is 6.07 Å². The monoisotopic (exact) mass is 297 g/mol. The summed E-state index contributed by atoms with van der Waals surface area (Å²) in [6.45, 7) is 3.20. The number of carbonyl (C=O) groups is 1. The fourth-order valence-corrected chi connectivity index (χ4v) is 3.70. The number of nitrogen functional groups attached to an aromatic ring is 1. The third-order valence-electron chi connectivity index (χ3n) is 3.67. The number of nitrogens with zero attached hydrogens (tertiary/aromatic N) is 2. The number of piperidine rings is 1. The van der Waals surface area contributed by atoms with Gasteiger partial charge in [0.25, 0.3) is 0 Å². The van der Waals surface area contributed by atoms with E-state index in [1.807, 2.05) is 6.07 Å². The van der Waals surface area contributed by atoms with Crippen molar-refractivity contribution < 1.29 is 9.53 Å². The number of hydrogen-bond acceptors (Lipinski definition) is 6. The van der Waals surface area contributed by atoms with E-state index in [1.54, 1.807) is 0 Å². The Bertz CT molecular complexity index is 465. The van der Waals surface area contributed by atoms with Gasteiger partial charge in [-0.2, -0.15) is 0 Å². The molecule has 112 valence electrons. The summed E-state index contributed by atoms with van der Waals surface area (Å²) in [5.74, 6) is 0.417. The number of rotatable bonds is 4. The van der Waals surface area contributed by atoms with Gasteiger partial charge in [0.05, 0.1) is 17.8 Å². The normalized spacial score (nSPS) is 16.7. The lowest BCUT2D eigenvalue weighted by molar-refractivity contribution is 0.0607. The minimum atomic E-state index is -0.346. The van der Waals surface area contributed by atoms with E-state index in [1.165, 1.54) is 31.3 Å². The molecule has 0 aromatic carbocycles. The standard InChI is InChI=1S/C14H23N3O2S/c1-16(2)9-10-4-6-17(7-5-10)12-8-11(15)13(20-12)14(18)19-3/h8,10H,4-7,9,15H2,1-3H3. The van der Waals surface area contributed by atoms with E-state index in [-0.39, 0.29) is 5.97 Å². The maximum absolute atomic E-state index is 11.6. The van der Waals surface area contributed by atoms with Crippen LogP contribution in [0.1, 0.15) is 22.5 Å². The van der Waals surface area contributed by atoms with Crippen LogP contribution in [0.2, 0.25) is 0 Å². The lowest BCUT2D eigenvalue weighted by atomic mass is 9.96. The van der Waals surface area contributed by atoms with Crippen molar-refractivity contribution in [3.63, 3.8) is 0 Å². The summed E-state index contributed by atoms with van der Waals surface area (Å²) in [6.07, 6.45) is 2.37. The lowest BCUT2D eigenvalue weighted by Crippen LogP contribution is -2.36. The highest BCUT2D eigenvalue weighted by molar-refractivity contribution is 7.18. The molecule has 0 unspecified atom stereocenters. The van der Waals surface area contributed by atoms with Crippen LogP contribution in [0.5, 0.6) is 0 Å². The fraction of sp³-hybridized carbons (Fsp3) is 0.643. The zero-order chi connectivity index (χ0) is 14.7. The fourth-order valence-electron chi connectivity index (χ4n) is 2.65. The quantitative estimate of drug-likeness (QED) is 0.860. The van der Waals surface area contributed by atoms with Crippen molar-refractivity contribution >= 4 is 28.0 Å². The van der Waals surface area contributed by atoms with Gasteiger partial charge in [-0.25, -0.2) is 4.79 Å². The number of nitrogens with two attached hydrogens (primary N) is 1. The van der Waals surface area contributed by atoms with Crippen molar-refractivity contribution in [2.45, 2.75) is 12.8 Å². The highest BCUT2D eigenvalue weighted by Crippen LogP contribution is 2.34. The van der Waals surface area contributed by atoms with Crippen LogP contribution in [0.3, 0.4) is 0 Å². The SMILES string of the molecule is COC(=O)c1sc(N2CCC(CN(C)C)CC2)cc1N. The molecule has 0 radical (unpaired) electrons. The van der Waals surface area contributed by atoms with Crippen LogP contribution in [-0.4, -0.2) is 51.7 Å². The second kappa shape index (κ2) is 6.45. The van der Waals surface area contributed by atoms with E-state index >= 15 is 0 Å². The molecule has 2 N–H and O–H groups in total. The van der Waals surface area contributed by atoms with Crippen molar-refractivity contribution in [1.82, 2.24) is 4.90 Å². The molecule has 20 heavy (non-hydrogen) atoms. The van der Waals surface area contributed by atoms with Gasteiger partial charge in [0.2, 0.25) is 0 Å². The molecule has 0 spiro atoms. The van der Waals surface area contributed by atoms with Crippen molar-refractivity contribution in [2.75, 3.05) is 51.5 Å². The molecule has 0 amide bonds. The molecule has 2 rings (SSSR count). The number of esters is 1. The Hall–Kier alpha value is -1.27. The molecule has 1 aliphatic heterocycles. The number of thiophene rings is 1. The van der Waals surface area contributed by atoms with Gasteiger partial charge in [-0.15, -0.1) is 11.3 Å². The highest BCUT2D eigenvalue weighted by atomic mass is 32.1. The minimum Gasteiger partial charge on any atom is -0.465 e. The molecular formula is C14H23N3O2S. The summed E-state index contributed by atoms with van der Waals surface area (Å²) in [5.41, 5.74) is 6.41. The van der Waals surface area contributed by atoms with E-state index < -0.39 is 0 Å². The first-order chi connectivity index (χ1) is 9.51. The van der Waals surface area contributed by atoms with Crippen molar-refractivity contribution in [1.29, 1.82) is 0 Å². The Balaban J connectivity index is 1.99. The van der Waals surface area contributed by atoms with E-state index in [0.717, 1.165) is 30.6 Å². The first-order valence-electron chi connectivity index (χ1n) is 6.88. The minimum absolute atomic E-state index is 0.346. The third-order valence-corrected chi connectivity index (χ3v) is 4.86. The Kier molecular flexibility index (Phi) is 4.88. The maximum Gasteiger partial charge on any atom is 0.350 e. The van der Waals surface area contributed by atoms with Gasteiger partial charge in [-0.05, 0) is 38.9 Å². The van der Waals surface area contributed by atoms with E-state index in [2.05, 4.69) is 23.9 Å². The van der Waals surface area contributed by atoms with Crippen LogP contribution in [-0.2, 0) is 4.74 Å². The van der Waals surface area contributed by atoms with Gasteiger partial charge < -0.3 is 20.3 Å². The molecule has 0 atom stereocenters. The number of hydrogen-bond donors (Lipinski definition) is 1. The number of methoxy groups -OCH3 is 1. The Labute approximate surface area is 124 Å². The first-order valence-corrected chi connectivity index (χ1v) is 7.70. The molecule has 0 bridgehead atoms. The van der Waals surface area contributed by atoms with Crippen molar-refractivity contribution in [3.05, 3.63) is 10.9 Å². The van der Waals surface area contributed by atoms with Crippen LogP contribution < -0.4 is 10.6 Å². The third kappa shape index (κ3) is 3.43. The molecule has 0 aliphatic carbocycles. The second-order valence-electron chi connectivity index (χ2n) is 5.55. The summed E-state index contributed by atoms with van der Waals surface area (Å²) in [6, 6.07) is 1.89. The highest BCUT2D eigenvalue weighted by Gasteiger charge is 2.23. The van der Waals surface area contributed by atoms with Crippen LogP contribution in [0.25, 0.3) is 0 Å². The molecule has 1 aromatic heterocycles. The van der Waals surface area contributed by atoms with E-state index in [0.29, 0.717) is 10.6 Å². The molecule has 0 saturated carbocycles. The zero-order valence-electron chi connectivity index (χ0n) is 12.4.